The van der Waals surface area contributed by atoms with Crippen molar-refractivity contribution in [1.82, 2.24) is 4.90 Å². The summed E-state index contributed by atoms with van der Waals surface area (Å²) in [6.45, 7) is 1.59. The molecule has 0 aliphatic heterocycles. The van der Waals surface area contributed by atoms with E-state index in [1.54, 1.807) is 12.1 Å². The second kappa shape index (κ2) is 5.91. The van der Waals surface area contributed by atoms with Gasteiger partial charge in [-0.05, 0) is 30.7 Å². The van der Waals surface area contributed by atoms with Gasteiger partial charge in [-0.3, -0.25) is 4.90 Å². The minimum Gasteiger partial charge on any atom is -0.508 e. The van der Waals surface area contributed by atoms with E-state index in [9.17, 15) is 13.2 Å². The van der Waals surface area contributed by atoms with Crippen molar-refractivity contribution in [3.05, 3.63) is 29.8 Å². The van der Waals surface area contributed by atoms with Gasteiger partial charge in [-0.25, -0.2) is 0 Å². The topological polar surface area (TPSA) is 23.5 Å². The first-order chi connectivity index (χ1) is 7.90. The van der Waals surface area contributed by atoms with Gasteiger partial charge in [0, 0.05) is 6.54 Å². The van der Waals surface area contributed by atoms with E-state index in [0.717, 1.165) is 5.56 Å². The van der Waals surface area contributed by atoms with Crippen molar-refractivity contribution in [3.63, 3.8) is 0 Å². The molecule has 0 atom stereocenters. The number of nitrogens with zero attached hydrogens (tertiary/aromatic N) is 1. The molecule has 0 bridgehead atoms. The Balaban J connectivity index is 2.63. The minimum atomic E-state index is -4.17. The molecule has 1 aromatic rings. The Morgan fingerprint density at radius 3 is 2.24 bits per heavy atom. The van der Waals surface area contributed by atoms with Crippen molar-refractivity contribution in [2.75, 3.05) is 13.1 Å². The van der Waals surface area contributed by atoms with Gasteiger partial charge < -0.3 is 5.11 Å². The highest BCUT2D eigenvalue weighted by atomic mass is 19.4. The van der Waals surface area contributed by atoms with Crippen LogP contribution in [0.1, 0.15) is 18.9 Å². The van der Waals surface area contributed by atoms with Crippen molar-refractivity contribution < 1.29 is 18.3 Å². The number of phenolic OH excluding ortho intramolecular Hbond substituents is 1. The molecule has 0 amide bonds. The third-order valence-corrected chi connectivity index (χ3v) is 2.29. The van der Waals surface area contributed by atoms with E-state index in [0.29, 0.717) is 13.0 Å². The van der Waals surface area contributed by atoms with E-state index in [-0.39, 0.29) is 12.3 Å². The molecule has 96 valence electrons. The number of halogens is 3. The molecular weight excluding hydrogens is 231 g/mol. The molecule has 1 rings (SSSR count). The summed E-state index contributed by atoms with van der Waals surface area (Å²) in [4.78, 5) is 1.35. The third-order valence-electron chi connectivity index (χ3n) is 2.29. The van der Waals surface area contributed by atoms with E-state index in [1.807, 2.05) is 6.92 Å². The smallest absolute Gasteiger partial charge is 0.401 e. The molecule has 17 heavy (non-hydrogen) atoms. The van der Waals surface area contributed by atoms with E-state index >= 15 is 0 Å². The number of hydrogen-bond donors (Lipinski definition) is 1. The molecule has 2 nitrogen and oxygen atoms in total. The van der Waals surface area contributed by atoms with Crippen LogP contribution < -0.4 is 0 Å². The second-order valence-corrected chi connectivity index (χ2v) is 3.99. The molecule has 0 radical (unpaired) electrons. The van der Waals surface area contributed by atoms with Gasteiger partial charge in [0.15, 0.2) is 0 Å². The summed E-state index contributed by atoms with van der Waals surface area (Å²) in [5.41, 5.74) is 0.764. The Morgan fingerprint density at radius 1 is 1.18 bits per heavy atom. The lowest BCUT2D eigenvalue weighted by Crippen LogP contribution is -2.34. The van der Waals surface area contributed by atoms with Gasteiger partial charge >= 0.3 is 6.18 Å². The summed E-state index contributed by atoms with van der Waals surface area (Å²) in [6.07, 6.45) is -3.50. The third kappa shape index (κ3) is 5.58. The summed E-state index contributed by atoms with van der Waals surface area (Å²) in [5.74, 6) is 0.117. The molecule has 0 heterocycles. The van der Waals surface area contributed by atoms with Crippen LogP contribution in [0.2, 0.25) is 0 Å². The number of alkyl halides is 3. The van der Waals surface area contributed by atoms with E-state index in [4.69, 9.17) is 5.11 Å². The van der Waals surface area contributed by atoms with E-state index < -0.39 is 12.7 Å². The number of phenols is 1. The summed E-state index contributed by atoms with van der Waals surface area (Å²) < 4.78 is 36.9. The lowest BCUT2D eigenvalue weighted by atomic mass is 10.2. The van der Waals surface area contributed by atoms with Gasteiger partial charge in [0.2, 0.25) is 0 Å². The molecule has 1 aromatic carbocycles. The monoisotopic (exact) mass is 247 g/mol. The molecule has 0 aliphatic carbocycles. The van der Waals surface area contributed by atoms with Crippen LogP contribution in [0.15, 0.2) is 24.3 Å². The second-order valence-electron chi connectivity index (χ2n) is 3.99. The predicted octanol–water partition coefficient (Wildman–Crippen LogP) is 3.17. The lowest BCUT2D eigenvalue weighted by Gasteiger charge is -2.23. The maximum atomic E-state index is 12.3. The first-order valence-electron chi connectivity index (χ1n) is 5.47. The Kier molecular flexibility index (Phi) is 4.81. The van der Waals surface area contributed by atoms with Crippen molar-refractivity contribution in [2.24, 2.45) is 0 Å². The molecule has 0 fully saturated rings. The number of rotatable bonds is 5. The van der Waals surface area contributed by atoms with Gasteiger partial charge in [0.25, 0.3) is 0 Å². The average molecular weight is 247 g/mol. The molecule has 5 heteroatoms. The zero-order valence-electron chi connectivity index (χ0n) is 9.67. The Bertz CT molecular complexity index is 335. The largest absolute Gasteiger partial charge is 0.508 e. The van der Waals surface area contributed by atoms with Gasteiger partial charge in [-0.2, -0.15) is 13.2 Å². The first-order valence-corrected chi connectivity index (χ1v) is 5.47. The summed E-state index contributed by atoms with van der Waals surface area (Å²) >= 11 is 0. The van der Waals surface area contributed by atoms with Crippen LogP contribution in [0.4, 0.5) is 13.2 Å². The van der Waals surface area contributed by atoms with E-state index in [2.05, 4.69) is 0 Å². The summed E-state index contributed by atoms with van der Waals surface area (Å²) in [6, 6.07) is 6.23. The number of aromatic hydroxyl groups is 1. The fraction of sp³-hybridized carbons (Fsp3) is 0.500. The van der Waals surface area contributed by atoms with Crippen LogP contribution in [0, 0.1) is 0 Å². The van der Waals surface area contributed by atoms with Crippen molar-refractivity contribution in [1.29, 1.82) is 0 Å². The Morgan fingerprint density at radius 2 is 1.76 bits per heavy atom. The van der Waals surface area contributed by atoms with Crippen LogP contribution in [0.5, 0.6) is 5.75 Å². The van der Waals surface area contributed by atoms with Crippen LogP contribution in [0.25, 0.3) is 0 Å². The number of benzene rings is 1. The van der Waals surface area contributed by atoms with Gasteiger partial charge in [0.1, 0.15) is 5.75 Å². The zero-order valence-corrected chi connectivity index (χ0v) is 9.67. The lowest BCUT2D eigenvalue weighted by molar-refractivity contribution is -0.147. The quantitative estimate of drug-likeness (QED) is 0.863. The van der Waals surface area contributed by atoms with Crippen LogP contribution in [-0.2, 0) is 6.54 Å². The predicted molar refractivity (Wildman–Crippen MR) is 59.7 cm³/mol. The highest BCUT2D eigenvalue weighted by Crippen LogP contribution is 2.19. The van der Waals surface area contributed by atoms with Crippen LogP contribution >= 0.6 is 0 Å². The van der Waals surface area contributed by atoms with Crippen molar-refractivity contribution in [3.8, 4) is 5.75 Å². The molecule has 0 aromatic heterocycles. The average Bonchev–Trinajstić information content (AvgIpc) is 2.19. The summed E-state index contributed by atoms with van der Waals surface area (Å²) in [5, 5.41) is 9.09. The van der Waals surface area contributed by atoms with Gasteiger partial charge in [-0.15, -0.1) is 0 Å². The molecule has 0 spiro atoms. The number of hydrogen-bond acceptors (Lipinski definition) is 2. The highest BCUT2D eigenvalue weighted by molar-refractivity contribution is 5.25. The van der Waals surface area contributed by atoms with Gasteiger partial charge in [0.05, 0.1) is 6.54 Å². The minimum absolute atomic E-state index is 0.117. The van der Waals surface area contributed by atoms with Crippen LogP contribution in [-0.4, -0.2) is 29.3 Å². The normalized spacial score (nSPS) is 12.1. The first kappa shape index (κ1) is 13.8. The molecule has 1 N–H and O–H groups in total. The molecule has 0 aliphatic rings. The molecule has 0 saturated carbocycles. The SMILES string of the molecule is CCCN(Cc1ccc(O)cc1)CC(F)(F)F. The Hall–Kier alpha value is -1.23. The zero-order chi connectivity index (χ0) is 12.9. The Labute approximate surface area is 98.7 Å². The molecule has 0 unspecified atom stereocenters. The van der Waals surface area contributed by atoms with Crippen LogP contribution in [0.3, 0.4) is 0 Å². The maximum absolute atomic E-state index is 12.3. The van der Waals surface area contributed by atoms with E-state index in [1.165, 1.54) is 17.0 Å². The standard InChI is InChI=1S/C12H16F3NO/c1-2-7-16(9-12(13,14)15)8-10-3-5-11(17)6-4-10/h3-6,17H,2,7-9H2,1H3. The fourth-order valence-corrected chi connectivity index (χ4v) is 1.64. The summed E-state index contributed by atoms with van der Waals surface area (Å²) in [7, 11) is 0. The van der Waals surface area contributed by atoms with Gasteiger partial charge in [-0.1, -0.05) is 19.1 Å². The molecular formula is C12H16F3NO. The van der Waals surface area contributed by atoms with Crippen molar-refractivity contribution >= 4 is 0 Å². The maximum Gasteiger partial charge on any atom is 0.401 e. The molecule has 0 saturated heterocycles. The highest BCUT2D eigenvalue weighted by Gasteiger charge is 2.30. The fourth-order valence-electron chi connectivity index (χ4n) is 1.64. The van der Waals surface area contributed by atoms with Crippen molar-refractivity contribution in [2.45, 2.75) is 26.1 Å².